The van der Waals surface area contributed by atoms with Crippen LogP contribution in [0.15, 0.2) is 36.4 Å². The summed E-state index contributed by atoms with van der Waals surface area (Å²) in [7, 11) is 0. The average molecular weight is 326 g/mol. The maximum Gasteiger partial charge on any atom is 0.123 e. The van der Waals surface area contributed by atoms with Gasteiger partial charge < -0.3 is 5.32 Å². The van der Waals surface area contributed by atoms with Gasteiger partial charge in [-0.2, -0.15) is 0 Å². The van der Waals surface area contributed by atoms with Crippen LogP contribution in [0, 0.1) is 12.7 Å². The zero-order valence-corrected chi connectivity index (χ0v) is 13.6. The quantitative estimate of drug-likeness (QED) is 0.782. The molecule has 2 aromatic carbocycles. The Morgan fingerprint density at radius 3 is 2.52 bits per heavy atom. The molecule has 1 unspecified atom stereocenters. The molecule has 0 aliphatic heterocycles. The fourth-order valence-electron chi connectivity index (χ4n) is 2.48. The highest BCUT2D eigenvalue weighted by atomic mass is 35.5. The molecule has 21 heavy (non-hydrogen) atoms. The summed E-state index contributed by atoms with van der Waals surface area (Å²) in [6, 6.07) is 10.5. The van der Waals surface area contributed by atoms with E-state index in [-0.39, 0.29) is 11.9 Å². The van der Waals surface area contributed by atoms with Gasteiger partial charge in [-0.1, -0.05) is 42.3 Å². The SMILES string of the molecule is CCNC(Cc1ccc(Cl)cc1Cl)c1ccc(F)cc1C. The van der Waals surface area contributed by atoms with Crippen LogP contribution in [0.2, 0.25) is 10.0 Å². The minimum atomic E-state index is -0.212. The molecule has 0 aliphatic rings. The maximum absolute atomic E-state index is 13.3. The number of nitrogens with one attached hydrogen (secondary N) is 1. The Kier molecular flexibility index (Phi) is 5.63. The van der Waals surface area contributed by atoms with E-state index >= 15 is 0 Å². The van der Waals surface area contributed by atoms with Gasteiger partial charge in [-0.25, -0.2) is 4.39 Å². The lowest BCUT2D eigenvalue weighted by Gasteiger charge is -2.21. The molecule has 0 heterocycles. The van der Waals surface area contributed by atoms with E-state index in [0.717, 1.165) is 29.7 Å². The summed E-state index contributed by atoms with van der Waals surface area (Å²) in [5.74, 6) is -0.212. The fraction of sp³-hybridized carbons (Fsp3) is 0.294. The summed E-state index contributed by atoms with van der Waals surface area (Å²) in [6.07, 6.45) is 0.732. The fourth-order valence-corrected chi connectivity index (χ4v) is 2.96. The normalized spacial score (nSPS) is 12.4. The molecule has 0 amide bonds. The summed E-state index contributed by atoms with van der Waals surface area (Å²) in [4.78, 5) is 0. The standard InChI is InChI=1S/C17H18Cl2FN/c1-3-21-17(15-7-6-14(20)8-11(15)2)9-12-4-5-13(18)10-16(12)19/h4-8,10,17,21H,3,9H2,1-2H3. The molecule has 1 atom stereocenters. The predicted octanol–water partition coefficient (Wildman–Crippen LogP) is 5.33. The Morgan fingerprint density at radius 1 is 1.14 bits per heavy atom. The molecule has 112 valence electrons. The molecule has 1 N–H and O–H groups in total. The second-order valence-corrected chi connectivity index (χ2v) is 5.89. The Balaban J connectivity index is 2.30. The Bertz CT molecular complexity index is 628. The van der Waals surface area contributed by atoms with Crippen molar-refractivity contribution in [3.8, 4) is 0 Å². The maximum atomic E-state index is 13.3. The molecule has 4 heteroatoms. The van der Waals surface area contributed by atoms with Crippen LogP contribution in [0.3, 0.4) is 0 Å². The van der Waals surface area contributed by atoms with Crippen LogP contribution in [0.25, 0.3) is 0 Å². The first-order chi connectivity index (χ1) is 10.0. The lowest BCUT2D eigenvalue weighted by Crippen LogP contribution is -2.24. The molecule has 0 saturated heterocycles. The van der Waals surface area contributed by atoms with Crippen molar-refractivity contribution < 1.29 is 4.39 Å². The number of benzene rings is 2. The zero-order chi connectivity index (χ0) is 15.4. The van der Waals surface area contributed by atoms with E-state index in [4.69, 9.17) is 23.2 Å². The monoisotopic (exact) mass is 325 g/mol. The first-order valence-electron chi connectivity index (χ1n) is 6.94. The molecule has 0 fully saturated rings. The van der Waals surface area contributed by atoms with Gasteiger partial charge in [0.25, 0.3) is 0 Å². The molecule has 1 nitrogen and oxygen atoms in total. The lowest BCUT2D eigenvalue weighted by atomic mass is 9.95. The third kappa shape index (κ3) is 4.19. The third-order valence-electron chi connectivity index (χ3n) is 3.50. The Hall–Kier alpha value is -1.09. The van der Waals surface area contributed by atoms with Gasteiger partial charge in [-0.15, -0.1) is 0 Å². The van der Waals surface area contributed by atoms with Crippen molar-refractivity contribution in [2.24, 2.45) is 0 Å². The summed E-state index contributed by atoms with van der Waals surface area (Å²) < 4.78 is 13.3. The zero-order valence-electron chi connectivity index (χ0n) is 12.1. The third-order valence-corrected chi connectivity index (χ3v) is 4.08. The second kappa shape index (κ2) is 7.26. The predicted molar refractivity (Wildman–Crippen MR) is 87.7 cm³/mol. The topological polar surface area (TPSA) is 12.0 Å². The van der Waals surface area contributed by atoms with E-state index in [9.17, 15) is 4.39 Å². The van der Waals surface area contributed by atoms with Crippen molar-refractivity contribution >= 4 is 23.2 Å². The van der Waals surface area contributed by atoms with E-state index < -0.39 is 0 Å². The molecular formula is C17H18Cl2FN. The number of hydrogen-bond donors (Lipinski definition) is 1. The first-order valence-corrected chi connectivity index (χ1v) is 7.70. The van der Waals surface area contributed by atoms with Gasteiger partial charge in [0.2, 0.25) is 0 Å². The Labute approximate surface area is 135 Å². The molecule has 0 spiro atoms. The van der Waals surface area contributed by atoms with Crippen LogP contribution >= 0.6 is 23.2 Å². The van der Waals surface area contributed by atoms with Crippen LogP contribution in [0.4, 0.5) is 4.39 Å². The first kappa shape index (κ1) is 16.3. The molecule has 0 aliphatic carbocycles. The highest BCUT2D eigenvalue weighted by Gasteiger charge is 2.15. The summed E-state index contributed by atoms with van der Waals surface area (Å²) in [5, 5.41) is 4.72. The lowest BCUT2D eigenvalue weighted by molar-refractivity contribution is 0.544. The molecule has 0 saturated carbocycles. The van der Waals surface area contributed by atoms with Crippen LogP contribution < -0.4 is 5.32 Å². The van der Waals surface area contributed by atoms with E-state index in [1.165, 1.54) is 6.07 Å². The molecule has 2 aromatic rings. The van der Waals surface area contributed by atoms with Crippen LogP contribution in [-0.4, -0.2) is 6.54 Å². The van der Waals surface area contributed by atoms with Gasteiger partial charge in [0.1, 0.15) is 5.82 Å². The molecular weight excluding hydrogens is 308 g/mol. The van der Waals surface area contributed by atoms with E-state index in [2.05, 4.69) is 12.2 Å². The molecule has 0 aromatic heterocycles. The van der Waals surface area contributed by atoms with Gasteiger partial charge in [-0.05, 0) is 60.8 Å². The second-order valence-electron chi connectivity index (χ2n) is 5.05. The van der Waals surface area contributed by atoms with Crippen LogP contribution in [0.1, 0.15) is 29.7 Å². The highest BCUT2D eigenvalue weighted by molar-refractivity contribution is 6.35. The minimum absolute atomic E-state index is 0.0919. The van der Waals surface area contributed by atoms with Gasteiger partial charge in [0.15, 0.2) is 0 Å². The van der Waals surface area contributed by atoms with Crippen LogP contribution in [0.5, 0.6) is 0 Å². The van der Waals surface area contributed by atoms with Crippen molar-refractivity contribution in [3.05, 3.63) is 69.0 Å². The summed E-state index contributed by atoms with van der Waals surface area (Å²) in [5.41, 5.74) is 3.05. The van der Waals surface area contributed by atoms with Crippen LogP contribution in [-0.2, 0) is 6.42 Å². The summed E-state index contributed by atoms with van der Waals surface area (Å²) in [6.45, 7) is 4.80. The van der Waals surface area contributed by atoms with Gasteiger partial charge in [0.05, 0.1) is 0 Å². The number of aryl methyl sites for hydroxylation is 1. The number of likely N-dealkylation sites (N-methyl/N-ethyl adjacent to an activating group) is 1. The van der Waals surface area contributed by atoms with Gasteiger partial charge in [-0.3, -0.25) is 0 Å². The molecule has 2 rings (SSSR count). The van der Waals surface area contributed by atoms with Gasteiger partial charge in [0, 0.05) is 16.1 Å². The largest absolute Gasteiger partial charge is 0.310 e. The summed E-state index contributed by atoms with van der Waals surface area (Å²) >= 11 is 12.2. The average Bonchev–Trinajstić information content (AvgIpc) is 2.41. The molecule has 0 radical (unpaired) electrons. The smallest absolute Gasteiger partial charge is 0.123 e. The van der Waals surface area contributed by atoms with E-state index in [1.54, 1.807) is 12.1 Å². The van der Waals surface area contributed by atoms with Crippen molar-refractivity contribution in [1.29, 1.82) is 0 Å². The Morgan fingerprint density at radius 2 is 1.90 bits per heavy atom. The van der Waals surface area contributed by atoms with E-state index in [1.807, 2.05) is 25.1 Å². The van der Waals surface area contributed by atoms with Crippen molar-refractivity contribution in [2.45, 2.75) is 26.3 Å². The number of halogens is 3. The highest BCUT2D eigenvalue weighted by Crippen LogP contribution is 2.27. The van der Waals surface area contributed by atoms with Crippen molar-refractivity contribution in [2.75, 3.05) is 6.54 Å². The van der Waals surface area contributed by atoms with E-state index in [0.29, 0.717) is 10.0 Å². The number of hydrogen-bond acceptors (Lipinski definition) is 1. The van der Waals surface area contributed by atoms with Crippen molar-refractivity contribution in [1.82, 2.24) is 5.32 Å². The molecule has 0 bridgehead atoms. The minimum Gasteiger partial charge on any atom is -0.310 e. The van der Waals surface area contributed by atoms with Crippen molar-refractivity contribution in [3.63, 3.8) is 0 Å². The number of rotatable bonds is 5. The van der Waals surface area contributed by atoms with Gasteiger partial charge >= 0.3 is 0 Å².